The van der Waals surface area contributed by atoms with Crippen LogP contribution in [0, 0.1) is 5.41 Å². The summed E-state index contributed by atoms with van der Waals surface area (Å²) in [4.78, 5) is 12.6. The van der Waals surface area contributed by atoms with Gasteiger partial charge >= 0.3 is 12.1 Å². The molecule has 0 aliphatic carbocycles. The molecule has 1 aliphatic heterocycles. The van der Waals surface area contributed by atoms with Crippen LogP contribution in [-0.2, 0) is 11.3 Å². The van der Waals surface area contributed by atoms with Gasteiger partial charge in [0.2, 0.25) is 0 Å². The first kappa shape index (κ1) is 15.8. The van der Waals surface area contributed by atoms with Crippen LogP contribution in [0.3, 0.4) is 0 Å². The minimum atomic E-state index is -4.74. The number of nitrogens with zero attached hydrogens (tertiary/aromatic N) is 3. The van der Waals surface area contributed by atoms with Gasteiger partial charge in [-0.2, -0.15) is 18.3 Å². The Labute approximate surface area is 120 Å². The predicted octanol–water partition coefficient (Wildman–Crippen LogP) is 2.30. The third-order valence-electron chi connectivity index (χ3n) is 3.89. The predicted molar refractivity (Wildman–Crippen MR) is 68.6 cm³/mol. The van der Waals surface area contributed by atoms with Crippen LogP contribution in [0.15, 0.2) is 12.4 Å². The molecule has 0 bridgehead atoms. The van der Waals surface area contributed by atoms with Crippen molar-refractivity contribution in [3.05, 3.63) is 18.0 Å². The topological polar surface area (TPSA) is 58.4 Å². The second-order valence-electron chi connectivity index (χ2n) is 5.77. The number of halogens is 3. The number of aliphatic carboxylic acids is 1. The molecule has 0 aromatic carbocycles. The Kier molecular flexibility index (Phi) is 4.01. The van der Waals surface area contributed by atoms with Crippen molar-refractivity contribution in [2.75, 3.05) is 13.1 Å². The highest BCUT2D eigenvalue weighted by atomic mass is 19.4. The van der Waals surface area contributed by atoms with Crippen LogP contribution >= 0.6 is 0 Å². The summed E-state index contributed by atoms with van der Waals surface area (Å²) in [6, 6.07) is 0.172. The molecule has 2 heterocycles. The number of likely N-dealkylation sites (tertiary alicyclic amines) is 1. The van der Waals surface area contributed by atoms with Gasteiger partial charge in [-0.25, -0.2) is 0 Å². The Balaban J connectivity index is 2.09. The number of carboxylic acids is 1. The molecule has 0 amide bonds. The van der Waals surface area contributed by atoms with Crippen LogP contribution in [-0.4, -0.2) is 45.0 Å². The largest absolute Gasteiger partial charge is 0.481 e. The fraction of sp³-hybridized carbons (Fsp3) is 0.692. The maximum Gasteiger partial charge on any atom is 0.406 e. The summed E-state index contributed by atoms with van der Waals surface area (Å²) in [6.07, 6.45) is -1.77. The molecule has 1 unspecified atom stereocenters. The normalized spacial score (nSPS) is 23.9. The summed E-state index contributed by atoms with van der Waals surface area (Å²) in [6.45, 7) is 3.77. The van der Waals surface area contributed by atoms with Crippen molar-refractivity contribution in [2.24, 2.45) is 5.41 Å². The third kappa shape index (κ3) is 2.90. The second-order valence-corrected chi connectivity index (χ2v) is 5.77. The van der Waals surface area contributed by atoms with Gasteiger partial charge in [0.25, 0.3) is 0 Å². The number of alkyl halides is 3. The van der Waals surface area contributed by atoms with Crippen molar-refractivity contribution >= 4 is 5.97 Å². The van der Waals surface area contributed by atoms with E-state index in [9.17, 15) is 18.0 Å². The summed E-state index contributed by atoms with van der Waals surface area (Å²) in [5, 5.41) is 13.1. The molecule has 2 rings (SSSR count). The van der Waals surface area contributed by atoms with E-state index in [1.165, 1.54) is 4.90 Å². The maximum absolute atomic E-state index is 13.1. The number of hydrogen-bond donors (Lipinski definition) is 1. The molecule has 0 radical (unpaired) electrons. The smallest absolute Gasteiger partial charge is 0.406 e. The molecule has 118 valence electrons. The zero-order valence-corrected chi connectivity index (χ0v) is 11.9. The summed E-state index contributed by atoms with van der Waals surface area (Å²) < 4.78 is 40.9. The van der Waals surface area contributed by atoms with E-state index in [0.717, 1.165) is 5.56 Å². The Morgan fingerprint density at radius 3 is 2.62 bits per heavy atom. The zero-order chi connectivity index (χ0) is 15.8. The quantitative estimate of drug-likeness (QED) is 0.927. The summed E-state index contributed by atoms with van der Waals surface area (Å²) >= 11 is 0. The van der Waals surface area contributed by atoms with Crippen molar-refractivity contribution in [3.63, 3.8) is 0 Å². The van der Waals surface area contributed by atoms with Gasteiger partial charge in [-0.3, -0.25) is 14.4 Å². The van der Waals surface area contributed by atoms with Crippen LogP contribution < -0.4 is 0 Å². The van der Waals surface area contributed by atoms with E-state index in [1.807, 2.05) is 13.8 Å². The minimum absolute atomic E-state index is 0.110. The monoisotopic (exact) mass is 305 g/mol. The molecular weight excluding hydrogens is 287 g/mol. The lowest BCUT2D eigenvalue weighted by atomic mass is 9.86. The fourth-order valence-electron chi connectivity index (χ4n) is 2.55. The van der Waals surface area contributed by atoms with E-state index in [-0.39, 0.29) is 19.1 Å². The SMILES string of the molecule is CC(C)n1cc(CN2CCC(C(=O)O)(C(F)(F)F)C2)cn1. The van der Waals surface area contributed by atoms with Crippen LogP contribution in [0.25, 0.3) is 0 Å². The molecule has 21 heavy (non-hydrogen) atoms. The first-order valence-electron chi connectivity index (χ1n) is 6.71. The van der Waals surface area contributed by atoms with Gasteiger partial charge in [0.15, 0.2) is 5.41 Å². The Morgan fingerprint density at radius 2 is 2.19 bits per heavy atom. The van der Waals surface area contributed by atoms with E-state index >= 15 is 0 Å². The van der Waals surface area contributed by atoms with Crippen molar-refractivity contribution in [1.29, 1.82) is 0 Å². The molecule has 1 N–H and O–H groups in total. The number of carbonyl (C=O) groups is 1. The van der Waals surface area contributed by atoms with E-state index < -0.39 is 30.5 Å². The zero-order valence-electron chi connectivity index (χ0n) is 11.9. The highest BCUT2D eigenvalue weighted by molar-refractivity contribution is 5.76. The molecule has 1 saturated heterocycles. The average Bonchev–Trinajstić information content (AvgIpc) is 2.95. The average molecular weight is 305 g/mol. The van der Waals surface area contributed by atoms with Gasteiger partial charge in [0.1, 0.15) is 0 Å². The van der Waals surface area contributed by atoms with Crippen molar-refractivity contribution in [3.8, 4) is 0 Å². The molecule has 0 spiro atoms. The molecule has 0 saturated carbocycles. The third-order valence-corrected chi connectivity index (χ3v) is 3.89. The minimum Gasteiger partial charge on any atom is -0.481 e. The molecule has 5 nitrogen and oxygen atoms in total. The Hall–Kier alpha value is -1.57. The van der Waals surface area contributed by atoms with Gasteiger partial charge in [0.05, 0.1) is 6.20 Å². The molecule has 1 atom stereocenters. The lowest BCUT2D eigenvalue weighted by Gasteiger charge is -2.27. The van der Waals surface area contributed by atoms with E-state index in [4.69, 9.17) is 5.11 Å². The fourth-order valence-corrected chi connectivity index (χ4v) is 2.55. The highest BCUT2D eigenvalue weighted by Gasteiger charge is 2.63. The standard InChI is InChI=1S/C13H18F3N3O2/c1-9(2)19-7-10(5-17-19)6-18-4-3-12(8-18,11(20)21)13(14,15)16/h5,7,9H,3-4,6,8H2,1-2H3,(H,20,21). The van der Waals surface area contributed by atoms with Crippen molar-refractivity contribution < 1.29 is 23.1 Å². The van der Waals surface area contributed by atoms with Gasteiger partial charge in [-0.15, -0.1) is 0 Å². The number of rotatable bonds is 4. The van der Waals surface area contributed by atoms with E-state index in [0.29, 0.717) is 0 Å². The molecule has 1 aliphatic rings. The van der Waals surface area contributed by atoms with Crippen LogP contribution in [0.2, 0.25) is 0 Å². The molecule has 1 fully saturated rings. The van der Waals surface area contributed by atoms with Gasteiger partial charge in [-0.05, 0) is 20.3 Å². The summed E-state index contributed by atoms with van der Waals surface area (Å²) in [5.74, 6) is -1.80. The van der Waals surface area contributed by atoms with E-state index in [1.54, 1.807) is 17.1 Å². The highest BCUT2D eigenvalue weighted by Crippen LogP contribution is 2.45. The Morgan fingerprint density at radius 1 is 1.52 bits per heavy atom. The van der Waals surface area contributed by atoms with Gasteiger partial charge in [-0.1, -0.05) is 0 Å². The Bertz CT molecular complexity index is 527. The molecule has 1 aromatic heterocycles. The lowest BCUT2D eigenvalue weighted by molar-refractivity contribution is -0.227. The molecule has 1 aromatic rings. The molecular formula is C13H18F3N3O2. The number of aromatic nitrogens is 2. The number of carboxylic acid groups (broad SMARTS) is 1. The van der Waals surface area contributed by atoms with Crippen LogP contribution in [0.1, 0.15) is 31.9 Å². The summed E-state index contributed by atoms with van der Waals surface area (Å²) in [5.41, 5.74) is -1.87. The first-order chi connectivity index (χ1) is 9.65. The van der Waals surface area contributed by atoms with E-state index in [2.05, 4.69) is 5.10 Å². The number of hydrogen-bond acceptors (Lipinski definition) is 3. The first-order valence-corrected chi connectivity index (χ1v) is 6.71. The van der Waals surface area contributed by atoms with Gasteiger partial charge < -0.3 is 5.11 Å². The summed E-state index contributed by atoms with van der Waals surface area (Å²) in [7, 11) is 0. The molecule has 8 heteroatoms. The lowest BCUT2D eigenvalue weighted by Crippen LogP contribution is -2.47. The second kappa shape index (κ2) is 5.32. The van der Waals surface area contributed by atoms with Crippen LogP contribution in [0.4, 0.5) is 13.2 Å². The van der Waals surface area contributed by atoms with Crippen molar-refractivity contribution in [2.45, 2.75) is 39.0 Å². The van der Waals surface area contributed by atoms with Crippen molar-refractivity contribution in [1.82, 2.24) is 14.7 Å². The van der Waals surface area contributed by atoms with Gasteiger partial charge in [0, 0.05) is 37.4 Å². The van der Waals surface area contributed by atoms with Crippen LogP contribution in [0.5, 0.6) is 0 Å². The maximum atomic E-state index is 13.1.